The molecule has 8 heteroatoms. The molecule has 0 unspecified atom stereocenters. The number of benzene rings is 1. The van der Waals surface area contributed by atoms with Crippen molar-refractivity contribution in [3.8, 4) is 6.07 Å². The Morgan fingerprint density at radius 2 is 2.19 bits per heavy atom. The Balaban J connectivity index is 2.09. The molecule has 1 fully saturated rings. The first-order valence-electron chi connectivity index (χ1n) is 8.28. The normalized spacial score (nSPS) is 14.7. The van der Waals surface area contributed by atoms with Crippen molar-refractivity contribution in [3.05, 3.63) is 28.8 Å². The van der Waals surface area contributed by atoms with Gasteiger partial charge in [0.05, 0.1) is 28.8 Å². The van der Waals surface area contributed by atoms with E-state index in [1.165, 1.54) is 30.0 Å². The molecule has 0 aromatic heterocycles. The molecule has 2 amide bonds. The van der Waals surface area contributed by atoms with Gasteiger partial charge in [-0.15, -0.1) is 0 Å². The Bertz CT molecular complexity index is 759. The predicted molar refractivity (Wildman–Crippen MR) is 95.8 cm³/mol. The van der Waals surface area contributed by atoms with Gasteiger partial charge < -0.3 is 14.5 Å². The maximum Gasteiger partial charge on any atom is 0.338 e. The number of carbonyl (C=O) groups excluding carboxylic acids is 3. The number of carbonyl (C=O) groups is 3. The van der Waals surface area contributed by atoms with E-state index >= 15 is 0 Å². The summed E-state index contributed by atoms with van der Waals surface area (Å²) in [6.07, 6.45) is 0.405. The first kappa shape index (κ1) is 19.7. The van der Waals surface area contributed by atoms with Crippen LogP contribution in [0.1, 0.15) is 36.5 Å². The number of hydrogen-bond donors (Lipinski definition) is 0. The van der Waals surface area contributed by atoms with Crippen LogP contribution < -0.4 is 4.90 Å². The number of hydrogen-bond acceptors (Lipinski definition) is 5. The number of esters is 1. The zero-order chi connectivity index (χ0) is 19.3. The number of likely N-dealkylation sites (N-methyl/N-ethyl adjacent to an activating group) is 1. The number of anilines is 1. The molecule has 1 aliphatic rings. The Morgan fingerprint density at radius 3 is 2.81 bits per heavy atom. The van der Waals surface area contributed by atoms with Gasteiger partial charge in [0.15, 0.2) is 6.10 Å². The number of nitrogens with zero attached hydrogens (tertiary/aromatic N) is 3. The van der Waals surface area contributed by atoms with Crippen LogP contribution in [0.2, 0.25) is 5.02 Å². The van der Waals surface area contributed by atoms with Crippen LogP contribution in [0.15, 0.2) is 18.2 Å². The molecule has 1 saturated heterocycles. The topological polar surface area (TPSA) is 90.7 Å². The van der Waals surface area contributed by atoms with E-state index in [0.29, 0.717) is 23.7 Å². The van der Waals surface area contributed by atoms with Crippen molar-refractivity contribution in [3.63, 3.8) is 0 Å². The van der Waals surface area contributed by atoms with Crippen LogP contribution in [0.3, 0.4) is 0 Å². The Kier molecular flexibility index (Phi) is 6.58. The van der Waals surface area contributed by atoms with Crippen molar-refractivity contribution in [2.75, 3.05) is 25.0 Å². The summed E-state index contributed by atoms with van der Waals surface area (Å²) in [7, 11) is 1.55. The average Bonchev–Trinajstić information content (AvgIpc) is 3.04. The van der Waals surface area contributed by atoms with Gasteiger partial charge >= 0.3 is 5.97 Å². The van der Waals surface area contributed by atoms with Gasteiger partial charge in [-0.25, -0.2) is 4.79 Å². The quantitative estimate of drug-likeness (QED) is 0.710. The zero-order valence-electron chi connectivity index (χ0n) is 14.7. The standard InChI is InChI=1S/C18H20ClN3O4/c1-12(17(24)21(2)9-4-8-20)26-18(25)13-6-7-14(19)15(11-13)22-10-3-5-16(22)23/h6-7,11-12H,3-5,9-10H2,1-2H3/t12-/m1/s1. The van der Waals surface area contributed by atoms with E-state index in [1.54, 1.807) is 11.9 Å². The molecule has 0 bridgehead atoms. The molecule has 1 atom stereocenters. The lowest BCUT2D eigenvalue weighted by atomic mass is 10.2. The highest BCUT2D eigenvalue weighted by atomic mass is 35.5. The summed E-state index contributed by atoms with van der Waals surface area (Å²) in [5.41, 5.74) is 0.678. The molecule has 1 heterocycles. The summed E-state index contributed by atoms with van der Waals surface area (Å²) in [6, 6.07) is 6.48. The van der Waals surface area contributed by atoms with Crippen molar-refractivity contribution in [1.29, 1.82) is 5.26 Å². The fourth-order valence-electron chi connectivity index (χ4n) is 2.67. The molecule has 26 heavy (non-hydrogen) atoms. The van der Waals surface area contributed by atoms with Gasteiger partial charge in [0.1, 0.15) is 0 Å². The van der Waals surface area contributed by atoms with Crippen molar-refractivity contribution in [2.24, 2.45) is 0 Å². The van der Waals surface area contributed by atoms with E-state index < -0.39 is 18.0 Å². The molecule has 0 radical (unpaired) electrons. The average molecular weight is 378 g/mol. The molecule has 0 aliphatic carbocycles. The lowest BCUT2D eigenvalue weighted by molar-refractivity contribution is -0.138. The Hall–Kier alpha value is -2.59. The third-order valence-corrected chi connectivity index (χ3v) is 4.43. The molecule has 138 valence electrons. The van der Waals surface area contributed by atoms with Crippen LogP contribution in [0.4, 0.5) is 5.69 Å². The van der Waals surface area contributed by atoms with E-state index in [2.05, 4.69) is 0 Å². The summed E-state index contributed by atoms with van der Waals surface area (Å²) >= 11 is 6.16. The minimum absolute atomic E-state index is 0.0416. The number of amides is 2. The molecule has 0 spiro atoms. The van der Waals surface area contributed by atoms with E-state index in [-0.39, 0.29) is 24.4 Å². The van der Waals surface area contributed by atoms with Crippen LogP contribution in [-0.4, -0.2) is 48.9 Å². The lowest BCUT2D eigenvalue weighted by Gasteiger charge is -2.21. The second-order valence-electron chi connectivity index (χ2n) is 6.03. The number of halogens is 1. The van der Waals surface area contributed by atoms with Gasteiger partial charge in [-0.2, -0.15) is 5.26 Å². The van der Waals surface area contributed by atoms with E-state index in [4.69, 9.17) is 21.6 Å². The van der Waals surface area contributed by atoms with Crippen LogP contribution in [-0.2, 0) is 14.3 Å². The second kappa shape index (κ2) is 8.68. The molecule has 0 N–H and O–H groups in total. The van der Waals surface area contributed by atoms with Crippen molar-refractivity contribution in [1.82, 2.24) is 4.90 Å². The smallest absolute Gasteiger partial charge is 0.338 e. The summed E-state index contributed by atoms with van der Waals surface area (Å²) < 4.78 is 5.22. The molecular formula is C18H20ClN3O4. The summed E-state index contributed by atoms with van der Waals surface area (Å²) in [5, 5.41) is 8.95. The van der Waals surface area contributed by atoms with Gasteiger partial charge in [-0.3, -0.25) is 9.59 Å². The predicted octanol–water partition coefficient (Wildman–Crippen LogP) is 2.38. The lowest BCUT2D eigenvalue weighted by Crippen LogP contribution is -2.37. The van der Waals surface area contributed by atoms with Gasteiger partial charge in [-0.05, 0) is 31.5 Å². The number of ether oxygens (including phenoxy) is 1. The number of nitriles is 1. The largest absolute Gasteiger partial charge is 0.449 e. The minimum Gasteiger partial charge on any atom is -0.449 e. The van der Waals surface area contributed by atoms with E-state index in [1.807, 2.05) is 6.07 Å². The van der Waals surface area contributed by atoms with Crippen molar-refractivity contribution >= 4 is 35.1 Å². The summed E-state index contributed by atoms with van der Waals surface area (Å²) in [6.45, 7) is 2.29. The van der Waals surface area contributed by atoms with Gasteiger partial charge in [-0.1, -0.05) is 11.6 Å². The molecule has 7 nitrogen and oxygen atoms in total. The van der Waals surface area contributed by atoms with Crippen molar-refractivity contribution < 1.29 is 19.1 Å². The maximum absolute atomic E-state index is 12.4. The highest BCUT2D eigenvalue weighted by molar-refractivity contribution is 6.34. The summed E-state index contributed by atoms with van der Waals surface area (Å²) in [4.78, 5) is 39.3. The fourth-order valence-corrected chi connectivity index (χ4v) is 2.89. The molecule has 1 aromatic rings. The second-order valence-corrected chi connectivity index (χ2v) is 6.44. The Morgan fingerprint density at radius 1 is 1.46 bits per heavy atom. The van der Waals surface area contributed by atoms with Crippen LogP contribution in [0, 0.1) is 11.3 Å². The minimum atomic E-state index is -0.987. The van der Waals surface area contributed by atoms with E-state index in [9.17, 15) is 14.4 Å². The van der Waals surface area contributed by atoms with Crippen LogP contribution in [0.5, 0.6) is 0 Å². The van der Waals surface area contributed by atoms with Gasteiger partial charge in [0, 0.05) is 26.6 Å². The van der Waals surface area contributed by atoms with Gasteiger partial charge in [0.2, 0.25) is 5.91 Å². The molecule has 1 aromatic carbocycles. The third kappa shape index (κ3) is 4.52. The SMILES string of the molecule is C[C@@H](OC(=O)c1ccc(Cl)c(N2CCCC2=O)c1)C(=O)N(C)CCC#N. The molecule has 2 rings (SSSR count). The van der Waals surface area contributed by atoms with Crippen LogP contribution >= 0.6 is 11.6 Å². The third-order valence-electron chi connectivity index (χ3n) is 4.11. The molecule has 1 aliphatic heterocycles. The highest BCUT2D eigenvalue weighted by Gasteiger charge is 2.26. The van der Waals surface area contributed by atoms with E-state index in [0.717, 1.165) is 6.42 Å². The monoisotopic (exact) mass is 377 g/mol. The first-order valence-corrected chi connectivity index (χ1v) is 8.65. The summed E-state index contributed by atoms with van der Waals surface area (Å²) in [5.74, 6) is -1.11. The highest BCUT2D eigenvalue weighted by Crippen LogP contribution is 2.30. The van der Waals surface area contributed by atoms with Crippen molar-refractivity contribution in [2.45, 2.75) is 32.3 Å². The zero-order valence-corrected chi connectivity index (χ0v) is 15.5. The fraction of sp³-hybridized carbons (Fsp3) is 0.444. The molecular weight excluding hydrogens is 358 g/mol. The number of rotatable bonds is 6. The Labute approximate surface area is 157 Å². The maximum atomic E-state index is 12.4. The molecule has 0 saturated carbocycles. The van der Waals surface area contributed by atoms with Gasteiger partial charge in [0.25, 0.3) is 5.91 Å². The first-order chi connectivity index (χ1) is 12.3. The van der Waals surface area contributed by atoms with Crippen LogP contribution in [0.25, 0.3) is 0 Å².